The molecular formula is C17H19F3N2O2S. The first-order valence-electron chi connectivity index (χ1n) is 7.97. The van der Waals surface area contributed by atoms with Gasteiger partial charge in [0, 0.05) is 11.6 Å². The van der Waals surface area contributed by atoms with E-state index in [4.69, 9.17) is 17.0 Å². The smallest absolute Gasteiger partial charge is 0.434 e. The summed E-state index contributed by atoms with van der Waals surface area (Å²) < 4.78 is 45.1. The van der Waals surface area contributed by atoms with Gasteiger partial charge in [0.2, 0.25) is 0 Å². The molecule has 1 aliphatic carbocycles. The van der Waals surface area contributed by atoms with Crippen LogP contribution in [0.5, 0.6) is 0 Å². The van der Waals surface area contributed by atoms with Gasteiger partial charge in [-0.3, -0.25) is 0 Å². The second kappa shape index (κ2) is 8.42. The molecule has 1 aromatic carbocycles. The van der Waals surface area contributed by atoms with Gasteiger partial charge in [-0.25, -0.2) is 9.69 Å². The number of amides is 2. The molecule has 2 amide bonds. The number of benzene rings is 1. The molecule has 0 aromatic heterocycles. The lowest BCUT2D eigenvalue weighted by Gasteiger charge is -2.32. The van der Waals surface area contributed by atoms with Crippen molar-refractivity contribution in [3.63, 3.8) is 0 Å². The van der Waals surface area contributed by atoms with Gasteiger partial charge in [-0.2, -0.15) is 18.2 Å². The standard InChI is InChI=1S/C17H19F3N2O2S/c1-24-16(25)22(13-10-6-3-7-11-13)15(23)21-14(17(18,19)20)12-8-4-2-5-9-12/h2,4-5,8-9,13H,3,6-7,10-11H2,1H3/b21-14-. The molecule has 0 N–H and O–H groups in total. The summed E-state index contributed by atoms with van der Waals surface area (Å²) in [7, 11) is 1.29. The normalized spacial score (nSPS) is 16.4. The van der Waals surface area contributed by atoms with E-state index >= 15 is 0 Å². The van der Waals surface area contributed by atoms with Crippen LogP contribution in [-0.4, -0.2) is 41.1 Å². The number of nitrogens with zero attached hydrogens (tertiary/aromatic N) is 2. The zero-order valence-electron chi connectivity index (χ0n) is 13.8. The Kier molecular flexibility index (Phi) is 6.52. The third-order valence-electron chi connectivity index (χ3n) is 4.04. The van der Waals surface area contributed by atoms with E-state index in [-0.39, 0.29) is 16.8 Å². The van der Waals surface area contributed by atoms with Gasteiger partial charge in [-0.15, -0.1) is 0 Å². The van der Waals surface area contributed by atoms with Crippen molar-refractivity contribution in [1.29, 1.82) is 0 Å². The van der Waals surface area contributed by atoms with Crippen LogP contribution in [0.4, 0.5) is 18.0 Å². The SMILES string of the molecule is COC(=S)N(C(=O)/N=C(/c1ccccc1)C(F)(F)F)C1CCCCC1. The summed E-state index contributed by atoms with van der Waals surface area (Å²) >= 11 is 5.03. The molecule has 0 radical (unpaired) electrons. The molecule has 25 heavy (non-hydrogen) atoms. The van der Waals surface area contributed by atoms with E-state index in [1.807, 2.05) is 0 Å². The van der Waals surface area contributed by atoms with Crippen molar-refractivity contribution in [3.05, 3.63) is 35.9 Å². The van der Waals surface area contributed by atoms with Gasteiger partial charge >= 0.3 is 12.2 Å². The zero-order valence-corrected chi connectivity index (χ0v) is 14.6. The molecule has 1 saturated carbocycles. The van der Waals surface area contributed by atoms with E-state index < -0.39 is 17.9 Å². The number of aliphatic imine (C=N–C) groups is 1. The Labute approximate surface area is 149 Å². The largest absolute Gasteiger partial charge is 0.474 e. The van der Waals surface area contributed by atoms with Gasteiger partial charge in [0.05, 0.1) is 7.11 Å². The second-order valence-electron chi connectivity index (χ2n) is 5.74. The molecule has 0 atom stereocenters. The third kappa shape index (κ3) is 5.01. The maximum absolute atomic E-state index is 13.4. The maximum atomic E-state index is 13.4. The molecule has 2 rings (SSSR count). The topological polar surface area (TPSA) is 41.9 Å². The fraction of sp³-hybridized carbons (Fsp3) is 0.471. The van der Waals surface area contributed by atoms with Crippen LogP contribution in [0.2, 0.25) is 0 Å². The molecule has 1 aromatic rings. The highest BCUT2D eigenvalue weighted by atomic mass is 32.1. The van der Waals surface area contributed by atoms with Crippen LogP contribution in [0.3, 0.4) is 0 Å². The highest BCUT2D eigenvalue weighted by Gasteiger charge is 2.39. The van der Waals surface area contributed by atoms with Crippen molar-refractivity contribution in [2.75, 3.05) is 7.11 Å². The maximum Gasteiger partial charge on any atom is 0.434 e. The van der Waals surface area contributed by atoms with E-state index in [0.29, 0.717) is 12.8 Å². The van der Waals surface area contributed by atoms with E-state index in [9.17, 15) is 18.0 Å². The number of hydrogen-bond acceptors (Lipinski definition) is 3. The number of thiocarbonyl (C=S) groups is 1. The lowest BCUT2D eigenvalue weighted by molar-refractivity contribution is -0.0581. The molecule has 1 fully saturated rings. The average molecular weight is 372 g/mol. The summed E-state index contributed by atoms with van der Waals surface area (Å²) in [6, 6.07) is 5.70. The molecular weight excluding hydrogens is 353 g/mol. The van der Waals surface area contributed by atoms with Gasteiger partial charge < -0.3 is 4.74 Å². The van der Waals surface area contributed by atoms with Crippen LogP contribution >= 0.6 is 12.2 Å². The van der Waals surface area contributed by atoms with Crippen molar-refractivity contribution in [2.45, 2.75) is 44.3 Å². The van der Waals surface area contributed by atoms with Crippen LogP contribution < -0.4 is 0 Å². The fourth-order valence-electron chi connectivity index (χ4n) is 2.86. The van der Waals surface area contributed by atoms with Gasteiger partial charge in [0.25, 0.3) is 5.17 Å². The molecule has 1 aliphatic rings. The summed E-state index contributed by atoms with van der Waals surface area (Å²) in [6.45, 7) is 0. The third-order valence-corrected chi connectivity index (χ3v) is 4.40. The molecule has 136 valence electrons. The van der Waals surface area contributed by atoms with Crippen molar-refractivity contribution in [2.24, 2.45) is 4.99 Å². The molecule has 8 heteroatoms. The second-order valence-corrected chi connectivity index (χ2v) is 6.09. The lowest BCUT2D eigenvalue weighted by Crippen LogP contribution is -2.45. The van der Waals surface area contributed by atoms with Gasteiger partial charge in [0.15, 0.2) is 5.71 Å². The fourth-order valence-corrected chi connectivity index (χ4v) is 3.09. The number of hydrogen-bond donors (Lipinski definition) is 0. The first-order valence-corrected chi connectivity index (χ1v) is 8.38. The van der Waals surface area contributed by atoms with Crippen LogP contribution in [0.1, 0.15) is 37.7 Å². The zero-order chi connectivity index (χ0) is 18.4. The Morgan fingerprint density at radius 3 is 2.32 bits per heavy atom. The van der Waals surface area contributed by atoms with Crippen molar-refractivity contribution in [3.8, 4) is 0 Å². The Balaban J connectivity index is 2.38. The number of carbonyl (C=O) groups excluding carboxylic acids is 1. The Hall–Kier alpha value is -1.96. The summed E-state index contributed by atoms with van der Waals surface area (Å²) in [4.78, 5) is 17.0. The van der Waals surface area contributed by atoms with Crippen LogP contribution in [0, 0.1) is 0 Å². The average Bonchev–Trinajstić information content (AvgIpc) is 2.60. The minimum Gasteiger partial charge on any atom is -0.474 e. The van der Waals surface area contributed by atoms with Crippen LogP contribution in [0.25, 0.3) is 0 Å². The number of alkyl halides is 3. The van der Waals surface area contributed by atoms with Gasteiger partial charge in [-0.1, -0.05) is 49.6 Å². The lowest BCUT2D eigenvalue weighted by atomic mass is 9.94. The van der Waals surface area contributed by atoms with Gasteiger partial charge in [0.1, 0.15) is 0 Å². The molecule has 0 aliphatic heterocycles. The molecule has 4 nitrogen and oxygen atoms in total. The summed E-state index contributed by atoms with van der Waals surface area (Å²) in [5.41, 5.74) is -1.41. The number of carbonyl (C=O) groups is 1. The molecule has 0 heterocycles. The predicted molar refractivity (Wildman–Crippen MR) is 92.7 cm³/mol. The molecule has 0 bridgehead atoms. The highest BCUT2D eigenvalue weighted by molar-refractivity contribution is 7.80. The van der Waals surface area contributed by atoms with Crippen molar-refractivity contribution in [1.82, 2.24) is 4.90 Å². The molecule has 0 unspecified atom stereocenters. The van der Waals surface area contributed by atoms with Crippen LogP contribution in [0.15, 0.2) is 35.3 Å². The highest BCUT2D eigenvalue weighted by Crippen LogP contribution is 2.26. The summed E-state index contributed by atoms with van der Waals surface area (Å²) in [5, 5.41) is -0.157. The van der Waals surface area contributed by atoms with E-state index in [1.165, 1.54) is 31.4 Å². The summed E-state index contributed by atoms with van der Waals surface area (Å²) in [5.74, 6) is 0. The van der Waals surface area contributed by atoms with E-state index in [0.717, 1.165) is 24.2 Å². The van der Waals surface area contributed by atoms with E-state index in [1.54, 1.807) is 6.07 Å². The van der Waals surface area contributed by atoms with Crippen LogP contribution in [-0.2, 0) is 4.74 Å². The monoisotopic (exact) mass is 372 g/mol. The number of methoxy groups -OCH3 is 1. The Morgan fingerprint density at radius 2 is 1.80 bits per heavy atom. The quantitative estimate of drug-likeness (QED) is 0.557. The molecule has 0 spiro atoms. The summed E-state index contributed by atoms with van der Waals surface area (Å²) in [6.07, 6.45) is -0.636. The molecule has 0 saturated heterocycles. The predicted octanol–water partition coefficient (Wildman–Crippen LogP) is 4.72. The van der Waals surface area contributed by atoms with Crippen molar-refractivity contribution < 1.29 is 22.7 Å². The number of urea groups is 1. The first kappa shape index (κ1) is 19.4. The Morgan fingerprint density at radius 1 is 1.20 bits per heavy atom. The minimum absolute atomic E-state index is 0.157. The number of ether oxygens (including phenoxy) is 1. The number of rotatable bonds is 2. The Bertz CT molecular complexity index is 641. The first-order chi connectivity index (χ1) is 11.8. The van der Waals surface area contributed by atoms with Gasteiger partial charge in [-0.05, 0) is 25.1 Å². The number of halogens is 3. The van der Waals surface area contributed by atoms with E-state index in [2.05, 4.69) is 4.99 Å². The van der Waals surface area contributed by atoms with Crippen molar-refractivity contribution >= 4 is 29.1 Å². The minimum atomic E-state index is -4.76.